The molecule has 0 fully saturated rings. The Balaban J connectivity index is 1.60. The molecule has 0 atom stereocenters. The van der Waals surface area contributed by atoms with E-state index in [1.54, 1.807) is 48.5 Å². The highest BCUT2D eigenvalue weighted by molar-refractivity contribution is 7.71. The number of fused-ring (bicyclic) bond motifs is 1. The van der Waals surface area contributed by atoms with Gasteiger partial charge < -0.3 is 9.72 Å². The zero-order valence-corrected chi connectivity index (χ0v) is 15.6. The Bertz CT molecular complexity index is 1260. The summed E-state index contributed by atoms with van der Waals surface area (Å²) in [6.07, 6.45) is 0. The second kappa shape index (κ2) is 7.62. The van der Waals surface area contributed by atoms with Crippen molar-refractivity contribution in [3.8, 4) is 5.75 Å². The number of para-hydroxylation sites is 1. The molecule has 4 rings (SSSR count). The number of carbonyl (C=O) groups is 1. The number of hydrogen-bond donors (Lipinski definition) is 1. The third kappa shape index (κ3) is 3.50. The van der Waals surface area contributed by atoms with Crippen molar-refractivity contribution in [1.82, 2.24) is 9.55 Å². The average Bonchev–Trinajstić information content (AvgIpc) is 2.73. The number of nitrogens with zero attached hydrogens (tertiary/aromatic N) is 1. The average molecular weight is 388 g/mol. The van der Waals surface area contributed by atoms with Crippen molar-refractivity contribution < 1.29 is 9.53 Å². The van der Waals surface area contributed by atoms with E-state index in [2.05, 4.69) is 4.98 Å². The first-order valence-corrected chi connectivity index (χ1v) is 9.10. The topological polar surface area (TPSA) is 64.1 Å². The Kier molecular flexibility index (Phi) is 4.87. The molecule has 0 saturated heterocycles. The summed E-state index contributed by atoms with van der Waals surface area (Å²) in [5.41, 5.74) is 1.57. The molecule has 0 saturated carbocycles. The van der Waals surface area contributed by atoms with Gasteiger partial charge in [-0.15, -0.1) is 0 Å². The molecule has 6 heteroatoms. The lowest BCUT2D eigenvalue weighted by molar-refractivity contribution is 0.0953. The standard InChI is InChI=1S/C22H16N2O3S/c25-20(24-21(26)18-8-4-5-9-19(18)23-22(24)28)16-10-12-17(13-11-16)27-14-15-6-2-1-3-7-15/h1-13H,14H2,(H,23,28). The number of nitrogens with one attached hydrogen (secondary N) is 1. The van der Waals surface area contributed by atoms with Gasteiger partial charge in [-0.05, 0) is 54.2 Å². The number of H-pyrrole nitrogens is 1. The summed E-state index contributed by atoms with van der Waals surface area (Å²) in [6, 6.07) is 23.4. The summed E-state index contributed by atoms with van der Waals surface area (Å²) in [5.74, 6) is 0.156. The van der Waals surface area contributed by atoms with E-state index in [1.165, 1.54) is 0 Å². The molecule has 0 aliphatic carbocycles. The molecule has 0 aliphatic rings. The summed E-state index contributed by atoms with van der Waals surface area (Å²) < 4.78 is 6.78. The molecule has 5 nitrogen and oxygen atoms in total. The Morgan fingerprint density at radius 3 is 2.36 bits per heavy atom. The molecule has 138 valence electrons. The monoisotopic (exact) mass is 388 g/mol. The van der Waals surface area contributed by atoms with Crippen LogP contribution in [0.2, 0.25) is 0 Å². The van der Waals surface area contributed by atoms with Crippen LogP contribution < -0.4 is 10.3 Å². The maximum Gasteiger partial charge on any atom is 0.269 e. The Morgan fingerprint density at radius 2 is 1.61 bits per heavy atom. The number of aromatic amines is 1. The van der Waals surface area contributed by atoms with E-state index >= 15 is 0 Å². The van der Waals surface area contributed by atoms with Crippen LogP contribution in [0.15, 0.2) is 83.7 Å². The number of carbonyl (C=O) groups excluding carboxylic acids is 1. The van der Waals surface area contributed by atoms with Crippen LogP contribution in [0.25, 0.3) is 10.9 Å². The first kappa shape index (κ1) is 17.9. The fourth-order valence-corrected chi connectivity index (χ4v) is 3.19. The van der Waals surface area contributed by atoms with Gasteiger partial charge in [-0.2, -0.15) is 0 Å². The van der Waals surface area contributed by atoms with Crippen molar-refractivity contribution in [2.45, 2.75) is 6.61 Å². The highest BCUT2D eigenvalue weighted by Gasteiger charge is 2.14. The van der Waals surface area contributed by atoms with Gasteiger partial charge in [-0.25, -0.2) is 4.57 Å². The van der Waals surface area contributed by atoms with Gasteiger partial charge in [-0.3, -0.25) is 9.59 Å². The van der Waals surface area contributed by atoms with Gasteiger partial charge in [-0.1, -0.05) is 42.5 Å². The molecule has 1 aromatic heterocycles. The van der Waals surface area contributed by atoms with Crippen LogP contribution in [0.1, 0.15) is 15.9 Å². The highest BCUT2D eigenvalue weighted by Crippen LogP contribution is 2.15. The molecule has 0 unspecified atom stereocenters. The largest absolute Gasteiger partial charge is 0.489 e. The smallest absolute Gasteiger partial charge is 0.269 e. The normalized spacial score (nSPS) is 10.7. The quantitative estimate of drug-likeness (QED) is 0.529. The van der Waals surface area contributed by atoms with E-state index in [0.29, 0.717) is 28.8 Å². The molecule has 0 spiro atoms. The minimum absolute atomic E-state index is 0.0677. The Labute approximate surface area is 165 Å². The summed E-state index contributed by atoms with van der Waals surface area (Å²) in [7, 11) is 0. The molecule has 3 aromatic carbocycles. The van der Waals surface area contributed by atoms with E-state index in [0.717, 1.165) is 10.1 Å². The number of benzene rings is 3. The van der Waals surface area contributed by atoms with E-state index in [4.69, 9.17) is 17.0 Å². The number of aromatic nitrogens is 2. The van der Waals surface area contributed by atoms with Gasteiger partial charge >= 0.3 is 0 Å². The maximum absolute atomic E-state index is 12.9. The summed E-state index contributed by atoms with van der Waals surface area (Å²) in [4.78, 5) is 28.5. The van der Waals surface area contributed by atoms with Crippen molar-refractivity contribution >= 4 is 29.0 Å². The van der Waals surface area contributed by atoms with Crippen molar-refractivity contribution in [1.29, 1.82) is 0 Å². The summed E-state index contributed by atoms with van der Waals surface area (Å²) in [6.45, 7) is 0.434. The second-order valence-corrected chi connectivity index (χ2v) is 6.61. The summed E-state index contributed by atoms with van der Waals surface area (Å²) in [5, 5.41) is 0.410. The third-order valence-corrected chi connectivity index (χ3v) is 4.64. The molecule has 1 heterocycles. The number of ether oxygens (including phenoxy) is 1. The third-order valence-electron chi connectivity index (χ3n) is 4.36. The lowest BCUT2D eigenvalue weighted by Gasteiger charge is -2.09. The van der Waals surface area contributed by atoms with E-state index < -0.39 is 11.5 Å². The van der Waals surface area contributed by atoms with Gasteiger partial charge in [0.05, 0.1) is 10.9 Å². The number of hydrogen-bond acceptors (Lipinski definition) is 4. The van der Waals surface area contributed by atoms with Crippen LogP contribution in [0.4, 0.5) is 0 Å². The predicted molar refractivity (Wildman–Crippen MR) is 110 cm³/mol. The van der Waals surface area contributed by atoms with Gasteiger partial charge in [0, 0.05) is 5.56 Å². The fourth-order valence-electron chi connectivity index (χ4n) is 2.91. The lowest BCUT2D eigenvalue weighted by atomic mass is 10.2. The second-order valence-electron chi connectivity index (χ2n) is 6.22. The molecule has 0 amide bonds. The van der Waals surface area contributed by atoms with Crippen LogP contribution in [-0.4, -0.2) is 15.5 Å². The molecule has 28 heavy (non-hydrogen) atoms. The van der Waals surface area contributed by atoms with E-state index in [9.17, 15) is 9.59 Å². The van der Waals surface area contributed by atoms with Crippen LogP contribution >= 0.6 is 12.2 Å². The first-order valence-electron chi connectivity index (χ1n) is 8.69. The van der Waals surface area contributed by atoms with Crippen LogP contribution in [0.5, 0.6) is 5.75 Å². The molecular formula is C22H16N2O3S. The molecule has 0 aliphatic heterocycles. The van der Waals surface area contributed by atoms with E-state index in [1.807, 2.05) is 30.3 Å². The minimum atomic E-state index is -0.480. The molecule has 1 N–H and O–H groups in total. The predicted octanol–water partition coefficient (Wildman–Crippen LogP) is 4.33. The molecule has 0 bridgehead atoms. The Hall–Kier alpha value is -3.51. The van der Waals surface area contributed by atoms with Crippen molar-refractivity contribution in [3.05, 3.63) is 105 Å². The van der Waals surface area contributed by atoms with Gasteiger partial charge in [0.2, 0.25) is 0 Å². The van der Waals surface area contributed by atoms with E-state index in [-0.39, 0.29) is 4.77 Å². The first-order chi connectivity index (χ1) is 13.6. The Morgan fingerprint density at radius 1 is 0.929 bits per heavy atom. The van der Waals surface area contributed by atoms with Crippen molar-refractivity contribution in [2.24, 2.45) is 0 Å². The number of rotatable bonds is 4. The summed E-state index contributed by atoms with van der Waals surface area (Å²) >= 11 is 5.23. The highest BCUT2D eigenvalue weighted by atomic mass is 32.1. The van der Waals surface area contributed by atoms with Gasteiger partial charge in [0.1, 0.15) is 12.4 Å². The zero-order valence-electron chi connectivity index (χ0n) is 14.8. The van der Waals surface area contributed by atoms with Gasteiger partial charge in [0.15, 0.2) is 4.77 Å². The van der Waals surface area contributed by atoms with Crippen molar-refractivity contribution in [2.75, 3.05) is 0 Å². The molecule has 4 aromatic rings. The zero-order chi connectivity index (χ0) is 19.5. The van der Waals surface area contributed by atoms with Crippen LogP contribution in [0, 0.1) is 4.77 Å². The molecule has 0 radical (unpaired) electrons. The van der Waals surface area contributed by atoms with Crippen LogP contribution in [0.3, 0.4) is 0 Å². The molecular weight excluding hydrogens is 372 g/mol. The van der Waals surface area contributed by atoms with Crippen molar-refractivity contribution in [3.63, 3.8) is 0 Å². The van der Waals surface area contributed by atoms with Crippen LogP contribution in [-0.2, 0) is 6.61 Å². The fraction of sp³-hybridized carbons (Fsp3) is 0.0455. The van der Waals surface area contributed by atoms with Gasteiger partial charge in [0.25, 0.3) is 11.5 Å². The SMILES string of the molecule is O=C(c1ccc(OCc2ccccc2)cc1)n1c(=S)[nH]c2ccccc2c1=O. The lowest BCUT2D eigenvalue weighted by Crippen LogP contribution is -2.29. The minimum Gasteiger partial charge on any atom is -0.489 e. The maximum atomic E-state index is 12.9.